The van der Waals surface area contributed by atoms with Gasteiger partial charge in [0.05, 0.1) is 11.8 Å². The predicted molar refractivity (Wildman–Crippen MR) is 82.7 cm³/mol. The SMILES string of the molecule is C1CCNC1.C1CCNCC1.c1cnc2nc[nH]c2c1. The van der Waals surface area contributed by atoms with E-state index in [0.717, 1.165) is 11.2 Å². The highest BCUT2D eigenvalue weighted by Crippen LogP contribution is 2.01. The number of hydrogen-bond donors (Lipinski definition) is 3. The Bertz CT molecular complexity index is 411. The first kappa shape index (κ1) is 14.9. The number of imidazole rings is 1. The summed E-state index contributed by atoms with van der Waals surface area (Å²) in [4.78, 5) is 10.9. The van der Waals surface area contributed by atoms with Crippen molar-refractivity contribution in [2.45, 2.75) is 32.1 Å². The Morgan fingerprint density at radius 1 is 0.800 bits per heavy atom. The summed E-state index contributed by atoms with van der Waals surface area (Å²) in [5, 5.41) is 6.51. The quantitative estimate of drug-likeness (QED) is 0.689. The molecule has 0 saturated carbocycles. The zero-order valence-electron chi connectivity index (χ0n) is 12.1. The molecule has 5 heteroatoms. The van der Waals surface area contributed by atoms with E-state index in [1.165, 1.54) is 58.3 Å². The van der Waals surface area contributed by atoms with E-state index in [1.54, 1.807) is 12.5 Å². The molecule has 20 heavy (non-hydrogen) atoms. The lowest BCUT2D eigenvalue weighted by Crippen LogP contribution is -2.21. The van der Waals surface area contributed by atoms with Crippen LogP contribution in [-0.4, -0.2) is 41.1 Å². The van der Waals surface area contributed by atoms with Crippen molar-refractivity contribution in [2.75, 3.05) is 26.2 Å². The van der Waals surface area contributed by atoms with E-state index in [0.29, 0.717) is 0 Å². The molecule has 4 rings (SSSR count). The number of hydrogen-bond acceptors (Lipinski definition) is 4. The topological polar surface area (TPSA) is 65.6 Å². The van der Waals surface area contributed by atoms with Gasteiger partial charge in [0, 0.05) is 6.20 Å². The summed E-state index contributed by atoms with van der Waals surface area (Å²) in [5.41, 5.74) is 1.76. The van der Waals surface area contributed by atoms with Crippen LogP contribution in [0.15, 0.2) is 24.7 Å². The van der Waals surface area contributed by atoms with Crippen LogP contribution in [0.5, 0.6) is 0 Å². The predicted octanol–water partition coefficient (Wildman–Crippen LogP) is 2.09. The van der Waals surface area contributed by atoms with Crippen LogP contribution in [0.25, 0.3) is 11.2 Å². The molecule has 0 spiro atoms. The zero-order chi connectivity index (χ0) is 13.9. The van der Waals surface area contributed by atoms with Crippen LogP contribution in [0.2, 0.25) is 0 Å². The number of pyridine rings is 1. The van der Waals surface area contributed by atoms with Crippen LogP contribution < -0.4 is 10.6 Å². The highest BCUT2D eigenvalue weighted by Gasteiger charge is 1.94. The molecule has 0 unspecified atom stereocenters. The molecule has 5 nitrogen and oxygen atoms in total. The molecule has 0 aromatic carbocycles. The van der Waals surface area contributed by atoms with Gasteiger partial charge in [-0.3, -0.25) is 0 Å². The third-order valence-electron chi connectivity index (χ3n) is 3.36. The van der Waals surface area contributed by atoms with E-state index in [4.69, 9.17) is 0 Å². The third-order valence-corrected chi connectivity index (χ3v) is 3.36. The van der Waals surface area contributed by atoms with Crippen LogP contribution >= 0.6 is 0 Å². The summed E-state index contributed by atoms with van der Waals surface area (Å²) in [6.07, 6.45) is 10.4. The van der Waals surface area contributed by atoms with Crippen LogP contribution in [0.1, 0.15) is 32.1 Å². The number of piperidine rings is 1. The minimum absolute atomic E-state index is 0.775. The number of H-pyrrole nitrogens is 1. The molecule has 2 aliphatic rings. The van der Waals surface area contributed by atoms with Gasteiger partial charge in [-0.05, 0) is 64.0 Å². The van der Waals surface area contributed by atoms with Crippen molar-refractivity contribution in [2.24, 2.45) is 0 Å². The van der Waals surface area contributed by atoms with Crippen LogP contribution in [0.3, 0.4) is 0 Å². The van der Waals surface area contributed by atoms with E-state index in [9.17, 15) is 0 Å². The molecule has 0 atom stereocenters. The smallest absolute Gasteiger partial charge is 0.177 e. The molecule has 3 N–H and O–H groups in total. The summed E-state index contributed by atoms with van der Waals surface area (Å²) in [6.45, 7) is 5.00. The van der Waals surface area contributed by atoms with Crippen LogP contribution in [-0.2, 0) is 0 Å². The molecule has 2 fully saturated rings. The standard InChI is InChI=1S/C6H5N3.C5H11N.C4H9N/c1-2-5-6(7-3-1)9-4-8-5;1-2-4-6-5-3-1;1-2-4-5-3-1/h1-4H,(H,7,8,9);6H,1-5H2;5H,1-4H2. The average molecular weight is 275 g/mol. The van der Waals surface area contributed by atoms with Crippen molar-refractivity contribution in [3.8, 4) is 0 Å². The van der Waals surface area contributed by atoms with Crippen LogP contribution in [0, 0.1) is 0 Å². The second-order valence-electron chi connectivity index (χ2n) is 5.04. The largest absolute Gasteiger partial charge is 0.343 e. The summed E-state index contributed by atoms with van der Waals surface area (Å²) in [7, 11) is 0. The molecule has 110 valence electrons. The Labute approximate surface area is 120 Å². The normalized spacial score (nSPS) is 17.8. The Morgan fingerprint density at radius 2 is 1.45 bits per heavy atom. The number of aromatic nitrogens is 3. The third kappa shape index (κ3) is 5.67. The maximum absolute atomic E-state index is 4.00. The fourth-order valence-electron chi connectivity index (χ4n) is 2.20. The molecule has 0 radical (unpaired) electrons. The van der Waals surface area contributed by atoms with Gasteiger partial charge < -0.3 is 15.6 Å². The summed E-state index contributed by atoms with van der Waals surface area (Å²) in [5.74, 6) is 0. The first-order chi connectivity index (χ1) is 9.97. The number of fused-ring (bicyclic) bond motifs is 1. The minimum atomic E-state index is 0.775. The molecule has 0 amide bonds. The molecule has 2 aliphatic heterocycles. The van der Waals surface area contributed by atoms with E-state index in [1.807, 2.05) is 12.1 Å². The van der Waals surface area contributed by atoms with Crippen molar-refractivity contribution in [1.82, 2.24) is 25.6 Å². The first-order valence-electron chi connectivity index (χ1n) is 7.62. The molecule has 0 aliphatic carbocycles. The fourth-order valence-corrected chi connectivity index (χ4v) is 2.20. The van der Waals surface area contributed by atoms with Gasteiger partial charge in [0.1, 0.15) is 0 Å². The van der Waals surface area contributed by atoms with Crippen molar-refractivity contribution in [1.29, 1.82) is 0 Å². The Balaban J connectivity index is 0.000000117. The Morgan fingerprint density at radius 3 is 1.95 bits per heavy atom. The Hall–Kier alpha value is -1.46. The molecule has 2 aromatic rings. The number of aromatic amines is 1. The zero-order valence-corrected chi connectivity index (χ0v) is 12.1. The fraction of sp³-hybridized carbons (Fsp3) is 0.600. The van der Waals surface area contributed by atoms with E-state index < -0.39 is 0 Å². The molecular formula is C15H25N5. The maximum Gasteiger partial charge on any atom is 0.177 e. The lowest BCUT2D eigenvalue weighted by atomic mass is 10.2. The number of rotatable bonds is 0. The van der Waals surface area contributed by atoms with E-state index >= 15 is 0 Å². The summed E-state index contributed by atoms with van der Waals surface area (Å²) in [6, 6.07) is 3.82. The van der Waals surface area contributed by atoms with Crippen molar-refractivity contribution in [3.63, 3.8) is 0 Å². The van der Waals surface area contributed by atoms with Crippen molar-refractivity contribution in [3.05, 3.63) is 24.7 Å². The summed E-state index contributed by atoms with van der Waals surface area (Å²) < 4.78 is 0. The average Bonchev–Trinajstić information content (AvgIpc) is 3.24. The second kappa shape index (κ2) is 9.44. The summed E-state index contributed by atoms with van der Waals surface area (Å²) >= 11 is 0. The maximum atomic E-state index is 4.00. The molecule has 2 aromatic heterocycles. The van der Waals surface area contributed by atoms with Gasteiger partial charge >= 0.3 is 0 Å². The molecular weight excluding hydrogens is 250 g/mol. The first-order valence-corrected chi connectivity index (χ1v) is 7.62. The van der Waals surface area contributed by atoms with Gasteiger partial charge in [-0.1, -0.05) is 6.42 Å². The molecule has 4 heterocycles. The highest BCUT2D eigenvalue weighted by molar-refractivity contribution is 5.68. The number of nitrogens with one attached hydrogen (secondary N) is 3. The molecule has 2 saturated heterocycles. The van der Waals surface area contributed by atoms with Gasteiger partial charge in [-0.25, -0.2) is 9.97 Å². The minimum Gasteiger partial charge on any atom is -0.343 e. The van der Waals surface area contributed by atoms with Gasteiger partial charge in [0.15, 0.2) is 5.65 Å². The van der Waals surface area contributed by atoms with E-state index in [2.05, 4.69) is 25.6 Å². The lowest BCUT2D eigenvalue weighted by Gasteiger charge is -2.08. The van der Waals surface area contributed by atoms with E-state index in [-0.39, 0.29) is 0 Å². The lowest BCUT2D eigenvalue weighted by molar-refractivity contribution is 0.520. The monoisotopic (exact) mass is 275 g/mol. The van der Waals surface area contributed by atoms with Gasteiger partial charge in [0.25, 0.3) is 0 Å². The Kier molecular flexibility index (Phi) is 7.05. The molecule has 0 bridgehead atoms. The highest BCUT2D eigenvalue weighted by atomic mass is 14.9. The van der Waals surface area contributed by atoms with Gasteiger partial charge in [-0.2, -0.15) is 0 Å². The van der Waals surface area contributed by atoms with Crippen molar-refractivity contribution >= 4 is 11.2 Å². The van der Waals surface area contributed by atoms with Gasteiger partial charge in [-0.15, -0.1) is 0 Å². The van der Waals surface area contributed by atoms with Gasteiger partial charge in [0.2, 0.25) is 0 Å². The van der Waals surface area contributed by atoms with Crippen LogP contribution in [0.4, 0.5) is 0 Å². The van der Waals surface area contributed by atoms with Crippen molar-refractivity contribution < 1.29 is 0 Å². The second-order valence-corrected chi connectivity index (χ2v) is 5.04. The number of nitrogens with zero attached hydrogens (tertiary/aromatic N) is 2.